The van der Waals surface area contributed by atoms with Crippen LogP contribution in [0.1, 0.15) is 53.0 Å². The summed E-state index contributed by atoms with van der Waals surface area (Å²) >= 11 is 1.59. The number of amides is 1. The van der Waals surface area contributed by atoms with Crippen molar-refractivity contribution in [2.75, 3.05) is 5.32 Å². The van der Waals surface area contributed by atoms with Crippen molar-refractivity contribution in [3.8, 4) is 10.6 Å². The Hall–Kier alpha value is -3.39. The lowest BCUT2D eigenvalue weighted by molar-refractivity contribution is -0.117. The second-order valence-corrected chi connectivity index (χ2v) is 11.3. The van der Waals surface area contributed by atoms with E-state index in [-0.39, 0.29) is 23.7 Å². The molecule has 38 heavy (non-hydrogen) atoms. The van der Waals surface area contributed by atoms with E-state index in [9.17, 15) is 14.3 Å². The molecule has 1 amide bonds. The zero-order valence-corrected chi connectivity index (χ0v) is 21.8. The molecule has 1 saturated heterocycles. The minimum absolute atomic E-state index is 0.0392. The van der Waals surface area contributed by atoms with Crippen molar-refractivity contribution in [2.24, 2.45) is 0 Å². The zero-order chi connectivity index (χ0) is 26.1. The van der Waals surface area contributed by atoms with Crippen molar-refractivity contribution in [3.63, 3.8) is 0 Å². The van der Waals surface area contributed by atoms with Gasteiger partial charge in [0.25, 0.3) is 0 Å². The summed E-state index contributed by atoms with van der Waals surface area (Å²) in [6, 6.07) is 24.6. The molecule has 1 fully saturated rings. The van der Waals surface area contributed by atoms with Crippen LogP contribution in [0.15, 0.2) is 78.9 Å². The number of aliphatic hydroxyl groups excluding tert-OH is 1. The Labute approximate surface area is 225 Å². The van der Waals surface area contributed by atoms with E-state index in [0.29, 0.717) is 6.04 Å². The van der Waals surface area contributed by atoms with E-state index >= 15 is 0 Å². The van der Waals surface area contributed by atoms with Crippen LogP contribution in [0.5, 0.6) is 0 Å². The Bertz CT molecular complexity index is 1410. The first-order valence-electron chi connectivity index (χ1n) is 13.2. The quantitative estimate of drug-likeness (QED) is 0.275. The molecule has 4 aromatic rings. The average Bonchev–Trinajstić information content (AvgIpc) is 3.67. The maximum Gasteiger partial charge on any atom is 0.233 e. The Kier molecular flexibility index (Phi) is 7.06. The molecule has 1 aromatic heterocycles. The lowest BCUT2D eigenvalue weighted by Gasteiger charge is -2.20. The van der Waals surface area contributed by atoms with Gasteiger partial charge >= 0.3 is 0 Å². The van der Waals surface area contributed by atoms with Gasteiger partial charge in [0.05, 0.1) is 17.7 Å². The summed E-state index contributed by atoms with van der Waals surface area (Å²) < 4.78 is 13.3. The Balaban J connectivity index is 1.04. The number of anilines is 1. The maximum absolute atomic E-state index is 13.3. The standard InChI is InChI=1S/C31H30FN3O2S/c32-22-10-8-21(9-11-22)31-35-28-25(15-17-27(28)38-31)30(37)34-23-12-6-19(7-13-23)18-24-14-16-26(33-24)29(36)20-4-2-1-3-5-20/h1-13,24-26,29,33,36H,14-18H2,(H,34,37)/t24-,25+,26+,29+/m0/s1. The van der Waals surface area contributed by atoms with Gasteiger partial charge in [0.2, 0.25) is 5.91 Å². The van der Waals surface area contributed by atoms with Gasteiger partial charge < -0.3 is 15.7 Å². The fourth-order valence-electron chi connectivity index (χ4n) is 5.58. The molecule has 1 aliphatic carbocycles. The van der Waals surface area contributed by atoms with Crippen molar-refractivity contribution in [3.05, 3.63) is 106 Å². The van der Waals surface area contributed by atoms with E-state index < -0.39 is 6.10 Å². The third-order valence-corrected chi connectivity index (χ3v) is 8.81. The molecule has 4 atom stereocenters. The fourth-order valence-corrected chi connectivity index (χ4v) is 6.72. The third-order valence-electron chi connectivity index (χ3n) is 7.63. The second-order valence-electron chi connectivity index (χ2n) is 10.2. The fraction of sp³-hybridized carbons (Fsp3) is 0.290. The molecule has 1 aliphatic heterocycles. The number of aliphatic hydroxyl groups is 1. The van der Waals surface area contributed by atoms with Crippen LogP contribution in [0.2, 0.25) is 0 Å². The molecule has 0 unspecified atom stereocenters. The Morgan fingerprint density at radius 3 is 2.55 bits per heavy atom. The van der Waals surface area contributed by atoms with Crippen LogP contribution in [-0.2, 0) is 17.6 Å². The number of aryl methyl sites for hydroxylation is 1. The summed E-state index contributed by atoms with van der Waals surface area (Å²) in [6.07, 6.45) is 3.93. The molecular weight excluding hydrogens is 497 g/mol. The summed E-state index contributed by atoms with van der Waals surface area (Å²) in [7, 11) is 0. The monoisotopic (exact) mass is 527 g/mol. The molecule has 6 rings (SSSR count). The first-order valence-corrected chi connectivity index (χ1v) is 14.0. The molecule has 3 N–H and O–H groups in total. The van der Waals surface area contributed by atoms with Crippen molar-refractivity contribution in [2.45, 2.75) is 56.2 Å². The van der Waals surface area contributed by atoms with Gasteiger partial charge in [0.1, 0.15) is 10.8 Å². The van der Waals surface area contributed by atoms with E-state index in [0.717, 1.165) is 64.5 Å². The number of nitrogens with zero attached hydrogens (tertiary/aromatic N) is 1. The summed E-state index contributed by atoms with van der Waals surface area (Å²) in [4.78, 5) is 19.0. The van der Waals surface area contributed by atoms with Gasteiger partial charge in [0, 0.05) is 28.2 Å². The number of rotatable bonds is 7. The van der Waals surface area contributed by atoms with Crippen molar-refractivity contribution >= 4 is 22.9 Å². The van der Waals surface area contributed by atoms with Gasteiger partial charge in [-0.25, -0.2) is 9.37 Å². The number of carbonyl (C=O) groups excluding carboxylic acids is 1. The van der Waals surface area contributed by atoms with Crippen LogP contribution < -0.4 is 10.6 Å². The smallest absolute Gasteiger partial charge is 0.233 e. The number of carbonyl (C=O) groups is 1. The molecule has 3 aromatic carbocycles. The number of nitrogens with one attached hydrogen (secondary N) is 2. The van der Waals surface area contributed by atoms with Crippen LogP contribution in [0.3, 0.4) is 0 Å². The first-order chi connectivity index (χ1) is 18.5. The zero-order valence-electron chi connectivity index (χ0n) is 20.9. The van der Waals surface area contributed by atoms with E-state index in [1.807, 2.05) is 42.5 Å². The van der Waals surface area contributed by atoms with Gasteiger partial charge in [-0.3, -0.25) is 4.79 Å². The molecule has 2 heterocycles. The maximum atomic E-state index is 13.3. The van der Waals surface area contributed by atoms with Crippen molar-refractivity contribution < 1.29 is 14.3 Å². The van der Waals surface area contributed by atoms with E-state index in [1.165, 1.54) is 17.7 Å². The number of benzene rings is 3. The molecule has 194 valence electrons. The highest BCUT2D eigenvalue weighted by Gasteiger charge is 2.33. The predicted molar refractivity (Wildman–Crippen MR) is 149 cm³/mol. The lowest BCUT2D eigenvalue weighted by Crippen LogP contribution is -2.35. The average molecular weight is 528 g/mol. The molecule has 5 nitrogen and oxygen atoms in total. The minimum Gasteiger partial charge on any atom is -0.387 e. The predicted octanol–water partition coefficient (Wildman–Crippen LogP) is 6.01. The normalized spacial score (nSPS) is 21.3. The SMILES string of the molecule is O=C(Nc1ccc(C[C@@H]2CC[C@H]([C@H](O)c3ccccc3)N2)cc1)[C@@H]1CCc2sc(-c3ccc(F)cc3)nc21. The molecular formula is C31H30FN3O2S. The highest BCUT2D eigenvalue weighted by atomic mass is 32.1. The van der Waals surface area contributed by atoms with Gasteiger partial charge in [-0.1, -0.05) is 42.5 Å². The molecule has 0 bridgehead atoms. The molecule has 0 spiro atoms. The molecule has 0 radical (unpaired) electrons. The number of aromatic nitrogens is 1. The molecule has 2 aliphatic rings. The van der Waals surface area contributed by atoms with E-state index in [1.54, 1.807) is 23.5 Å². The van der Waals surface area contributed by atoms with Crippen LogP contribution in [0.25, 0.3) is 10.6 Å². The first kappa shape index (κ1) is 24.9. The molecule has 7 heteroatoms. The Morgan fingerprint density at radius 1 is 1.03 bits per heavy atom. The van der Waals surface area contributed by atoms with Crippen molar-refractivity contribution in [1.29, 1.82) is 0 Å². The van der Waals surface area contributed by atoms with Crippen LogP contribution in [0, 0.1) is 5.82 Å². The number of fused-ring (bicyclic) bond motifs is 1. The highest BCUT2D eigenvalue weighted by molar-refractivity contribution is 7.15. The topological polar surface area (TPSA) is 74.2 Å². The van der Waals surface area contributed by atoms with Crippen LogP contribution >= 0.6 is 11.3 Å². The third kappa shape index (κ3) is 5.27. The number of halogens is 1. The van der Waals surface area contributed by atoms with Crippen molar-refractivity contribution in [1.82, 2.24) is 10.3 Å². The summed E-state index contributed by atoms with van der Waals surface area (Å²) in [5.74, 6) is -0.583. The lowest BCUT2D eigenvalue weighted by atomic mass is 10.0. The van der Waals surface area contributed by atoms with E-state index in [2.05, 4.69) is 22.8 Å². The van der Waals surface area contributed by atoms with Crippen LogP contribution in [-0.4, -0.2) is 28.1 Å². The van der Waals surface area contributed by atoms with Gasteiger partial charge in [-0.15, -0.1) is 11.3 Å². The summed E-state index contributed by atoms with van der Waals surface area (Å²) in [5.41, 5.74) is 4.64. The minimum atomic E-state index is -0.501. The largest absolute Gasteiger partial charge is 0.387 e. The second kappa shape index (κ2) is 10.8. The van der Waals surface area contributed by atoms with Gasteiger partial charge in [-0.05, 0) is 79.6 Å². The number of hydrogen-bond donors (Lipinski definition) is 3. The van der Waals surface area contributed by atoms with Gasteiger partial charge in [0.15, 0.2) is 0 Å². The Morgan fingerprint density at radius 2 is 1.79 bits per heavy atom. The van der Waals surface area contributed by atoms with E-state index in [4.69, 9.17) is 4.98 Å². The summed E-state index contributed by atoms with van der Waals surface area (Å²) in [6.45, 7) is 0. The highest BCUT2D eigenvalue weighted by Crippen LogP contribution is 2.40. The van der Waals surface area contributed by atoms with Gasteiger partial charge in [-0.2, -0.15) is 0 Å². The molecule has 0 saturated carbocycles. The summed E-state index contributed by atoms with van der Waals surface area (Å²) in [5, 5.41) is 18.2. The van der Waals surface area contributed by atoms with Crippen LogP contribution in [0.4, 0.5) is 10.1 Å². The number of hydrogen-bond acceptors (Lipinski definition) is 5. The number of thiazole rings is 1.